The van der Waals surface area contributed by atoms with E-state index in [0.29, 0.717) is 12.3 Å². The monoisotopic (exact) mass is 342 g/mol. The van der Waals surface area contributed by atoms with Gasteiger partial charge in [-0.3, -0.25) is 9.69 Å². The van der Waals surface area contributed by atoms with Gasteiger partial charge in [0.25, 0.3) is 5.91 Å². The number of benzene rings is 2. The molecular weight excluding hydrogens is 319 g/mol. The van der Waals surface area contributed by atoms with Crippen molar-refractivity contribution in [3.05, 3.63) is 66.0 Å². The van der Waals surface area contributed by atoms with E-state index in [4.69, 9.17) is 4.74 Å². The number of nitrogens with zero attached hydrogens (tertiary/aromatic N) is 1. The fourth-order valence-electron chi connectivity index (χ4n) is 3.15. The Morgan fingerprint density at radius 3 is 2.60 bits per heavy atom. The fraction of sp³-hybridized carbons (Fsp3) is 0.350. The molecule has 0 saturated carbocycles. The summed E-state index contributed by atoms with van der Waals surface area (Å²) in [4.78, 5) is 14.5. The molecule has 5 heteroatoms. The van der Waals surface area contributed by atoms with Crippen LogP contribution in [0.4, 0.5) is 4.39 Å². The molecule has 1 N–H and O–H groups in total. The molecule has 1 atom stereocenters. The molecule has 25 heavy (non-hydrogen) atoms. The van der Waals surface area contributed by atoms with Gasteiger partial charge in [0.15, 0.2) is 6.61 Å². The average Bonchev–Trinajstić information content (AvgIpc) is 3.15. The zero-order valence-electron chi connectivity index (χ0n) is 14.2. The third-order valence-electron chi connectivity index (χ3n) is 4.42. The van der Waals surface area contributed by atoms with Crippen molar-refractivity contribution in [2.24, 2.45) is 0 Å². The Balaban J connectivity index is 1.54. The van der Waals surface area contributed by atoms with E-state index in [9.17, 15) is 9.18 Å². The average molecular weight is 342 g/mol. The van der Waals surface area contributed by atoms with Crippen molar-refractivity contribution >= 4 is 5.91 Å². The highest BCUT2D eigenvalue weighted by Gasteiger charge is 2.23. The first kappa shape index (κ1) is 17.4. The molecule has 2 aromatic carbocycles. The Kier molecular flexibility index (Phi) is 6.01. The van der Waals surface area contributed by atoms with E-state index in [1.165, 1.54) is 30.5 Å². The van der Waals surface area contributed by atoms with E-state index in [1.54, 1.807) is 12.1 Å². The minimum Gasteiger partial charge on any atom is -0.484 e. The lowest BCUT2D eigenvalue weighted by Crippen LogP contribution is -2.38. The van der Waals surface area contributed by atoms with E-state index in [1.807, 2.05) is 18.2 Å². The molecule has 1 heterocycles. The first-order chi connectivity index (χ1) is 12.2. The molecule has 4 nitrogen and oxygen atoms in total. The maximum Gasteiger partial charge on any atom is 0.258 e. The van der Waals surface area contributed by atoms with Crippen LogP contribution in [-0.2, 0) is 4.79 Å². The summed E-state index contributed by atoms with van der Waals surface area (Å²) in [5, 5.41) is 2.94. The molecule has 132 valence electrons. The lowest BCUT2D eigenvalue weighted by molar-refractivity contribution is -0.123. The molecule has 2 aromatic rings. The van der Waals surface area contributed by atoms with Crippen LogP contribution in [0.25, 0.3) is 0 Å². The Morgan fingerprint density at radius 1 is 1.12 bits per heavy atom. The van der Waals surface area contributed by atoms with E-state index in [2.05, 4.69) is 22.3 Å². The number of ether oxygens (including phenoxy) is 1. The molecule has 1 aliphatic rings. The highest BCUT2D eigenvalue weighted by atomic mass is 19.1. The van der Waals surface area contributed by atoms with Crippen LogP contribution in [0.15, 0.2) is 54.6 Å². The quantitative estimate of drug-likeness (QED) is 0.840. The van der Waals surface area contributed by atoms with Crippen molar-refractivity contribution in [2.75, 3.05) is 26.2 Å². The molecule has 1 fully saturated rings. The summed E-state index contributed by atoms with van der Waals surface area (Å²) < 4.78 is 18.5. The summed E-state index contributed by atoms with van der Waals surface area (Å²) in [6, 6.07) is 16.2. The van der Waals surface area contributed by atoms with Gasteiger partial charge < -0.3 is 10.1 Å². The van der Waals surface area contributed by atoms with Crippen LogP contribution in [0, 0.1) is 5.82 Å². The second kappa shape index (κ2) is 8.62. The van der Waals surface area contributed by atoms with Gasteiger partial charge in [0.05, 0.1) is 6.04 Å². The summed E-state index contributed by atoms with van der Waals surface area (Å²) in [7, 11) is 0. The van der Waals surface area contributed by atoms with Gasteiger partial charge in [-0.05, 0) is 43.6 Å². The van der Waals surface area contributed by atoms with Gasteiger partial charge in [0, 0.05) is 12.6 Å². The van der Waals surface area contributed by atoms with Crippen molar-refractivity contribution in [1.29, 1.82) is 0 Å². The lowest BCUT2D eigenvalue weighted by atomic mass is 10.1. The number of nitrogens with one attached hydrogen (secondary N) is 1. The molecule has 1 unspecified atom stereocenters. The standard InChI is InChI=1S/C20H23FN2O2/c21-17-9-6-10-18(13-17)25-15-20(24)22-14-19(23-11-4-5-12-23)16-7-2-1-3-8-16/h1-3,6-10,13,19H,4-5,11-12,14-15H2,(H,22,24). The predicted octanol–water partition coefficient (Wildman–Crippen LogP) is 3.16. The summed E-state index contributed by atoms with van der Waals surface area (Å²) in [5.74, 6) is -0.227. The largest absolute Gasteiger partial charge is 0.484 e. The summed E-state index contributed by atoms with van der Waals surface area (Å²) in [6.45, 7) is 2.52. The van der Waals surface area contributed by atoms with Gasteiger partial charge in [-0.2, -0.15) is 0 Å². The molecule has 0 radical (unpaired) electrons. The van der Waals surface area contributed by atoms with Crippen LogP contribution in [0.2, 0.25) is 0 Å². The second-order valence-corrected chi connectivity index (χ2v) is 6.22. The zero-order valence-corrected chi connectivity index (χ0v) is 14.2. The van der Waals surface area contributed by atoms with Crippen LogP contribution in [0.3, 0.4) is 0 Å². The highest BCUT2D eigenvalue weighted by Crippen LogP contribution is 2.24. The van der Waals surface area contributed by atoms with E-state index in [0.717, 1.165) is 13.1 Å². The summed E-state index contributed by atoms with van der Waals surface area (Å²) >= 11 is 0. The first-order valence-corrected chi connectivity index (χ1v) is 8.66. The molecule has 1 amide bonds. The highest BCUT2D eigenvalue weighted by molar-refractivity contribution is 5.77. The second-order valence-electron chi connectivity index (χ2n) is 6.22. The van der Waals surface area contributed by atoms with Crippen LogP contribution >= 0.6 is 0 Å². The normalized spacial score (nSPS) is 15.7. The van der Waals surface area contributed by atoms with Gasteiger partial charge >= 0.3 is 0 Å². The van der Waals surface area contributed by atoms with Gasteiger partial charge in [-0.15, -0.1) is 0 Å². The predicted molar refractivity (Wildman–Crippen MR) is 94.9 cm³/mol. The molecule has 0 aromatic heterocycles. The Morgan fingerprint density at radius 2 is 1.88 bits per heavy atom. The van der Waals surface area contributed by atoms with Crippen molar-refractivity contribution < 1.29 is 13.9 Å². The molecular formula is C20H23FN2O2. The van der Waals surface area contributed by atoms with Crippen molar-refractivity contribution in [3.8, 4) is 5.75 Å². The fourth-order valence-corrected chi connectivity index (χ4v) is 3.15. The van der Waals surface area contributed by atoms with Crippen LogP contribution in [-0.4, -0.2) is 37.0 Å². The number of hydrogen-bond donors (Lipinski definition) is 1. The zero-order chi connectivity index (χ0) is 17.5. The smallest absolute Gasteiger partial charge is 0.258 e. The first-order valence-electron chi connectivity index (χ1n) is 8.66. The third-order valence-corrected chi connectivity index (χ3v) is 4.42. The number of carbonyl (C=O) groups excluding carboxylic acids is 1. The van der Waals surface area contributed by atoms with Crippen LogP contribution in [0.1, 0.15) is 24.4 Å². The van der Waals surface area contributed by atoms with E-state index < -0.39 is 0 Å². The number of likely N-dealkylation sites (tertiary alicyclic amines) is 1. The van der Waals surface area contributed by atoms with E-state index in [-0.39, 0.29) is 24.4 Å². The lowest BCUT2D eigenvalue weighted by Gasteiger charge is -2.28. The van der Waals surface area contributed by atoms with Gasteiger partial charge in [-0.25, -0.2) is 4.39 Å². The van der Waals surface area contributed by atoms with Crippen LogP contribution < -0.4 is 10.1 Å². The summed E-state index contributed by atoms with van der Waals surface area (Å²) in [5.41, 5.74) is 1.20. The molecule has 0 bridgehead atoms. The maximum atomic E-state index is 13.1. The Hall–Kier alpha value is -2.40. The summed E-state index contributed by atoms with van der Waals surface area (Å²) in [6.07, 6.45) is 2.39. The minimum atomic E-state index is -0.379. The van der Waals surface area contributed by atoms with Crippen molar-refractivity contribution in [2.45, 2.75) is 18.9 Å². The molecule has 1 aliphatic heterocycles. The van der Waals surface area contributed by atoms with Crippen molar-refractivity contribution in [3.63, 3.8) is 0 Å². The molecule has 1 saturated heterocycles. The number of halogens is 1. The molecule has 0 aliphatic carbocycles. The minimum absolute atomic E-state index is 0.120. The number of amides is 1. The Bertz CT molecular complexity index is 687. The van der Waals surface area contributed by atoms with E-state index >= 15 is 0 Å². The third kappa shape index (κ3) is 5.03. The van der Waals surface area contributed by atoms with Gasteiger partial charge in [0.2, 0.25) is 0 Å². The topological polar surface area (TPSA) is 41.6 Å². The van der Waals surface area contributed by atoms with Gasteiger partial charge in [0.1, 0.15) is 11.6 Å². The molecule has 3 rings (SSSR count). The SMILES string of the molecule is O=C(COc1cccc(F)c1)NCC(c1ccccc1)N1CCCC1. The number of hydrogen-bond acceptors (Lipinski definition) is 3. The van der Waals surface area contributed by atoms with Crippen LogP contribution in [0.5, 0.6) is 5.75 Å². The van der Waals surface area contributed by atoms with Gasteiger partial charge in [-0.1, -0.05) is 36.4 Å². The molecule has 0 spiro atoms. The van der Waals surface area contributed by atoms with Crippen molar-refractivity contribution in [1.82, 2.24) is 10.2 Å². The number of rotatable bonds is 7. The maximum absolute atomic E-state index is 13.1. The number of carbonyl (C=O) groups is 1. The Labute approximate surface area is 147 Å².